The number of amides is 1. The van der Waals surface area contributed by atoms with Gasteiger partial charge in [-0.25, -0.2) is 0 Å². The zero-order valence-electron chi connectivity index (χ0n) is 10.4. The van der Waals surface area contributed by atoms with Gasteiger partial charge >= 0.3 is 0 Å². The molecule has 6 nitrogen and oxygen atoms in total. The predicted octanol–water partition coefficient (Wildman–Crippen LogP) is 0.737. The molecule has 1 amide bonds. The molecule has 1 unspecified atom stereocenters. The molecule has 0 spiro atoms. The molecule has 1 aromatic heterocycles. The molecule has 3 N–H and O–H groups in total. The number of aromatic nitrogens is 2. The molecule has 0 aliphatic heterocycles. The Kier molecular flexibility index (Phi) is 5.62. The lowest BCUT2D eigenvalue weighted by Crippen LogP contribution is -2.19. The summed E-state index contributed by atoms with van der Waals surface area (Å²) in [5, 5.41) is 6.06. The number of hydrogen-bond acceptors (Lipinski definition) is 5. The van der Waals surface area contributed by atoms with E-state index in [4.69, 9.17) is 10.3 Å². The summed E-state index contributed by atoms with van der Waals surface area (Å²) < 4.78 is 5.01. The number of aryl methyl sites for hydroxylation is 1. The van der Waals surface area contributed by atoms with E-state index in [1.807, 2.05) is 0 Å². The summed E-state index contributed by atoms with van der Waals surface area (Å²) in [6, 6.07) is 0. The van der Waals surface area contributed by atoms with Crippen LogP contribution in [0.15, 0.2) is 4.52 Å². The molecule has 0 saturated carbocycles. The van der Waals surface area contributed by atoms with E-state index >= 15 is 0 Å². The van der Waals surface area contributed by atoms with E-state index in [9.17, 15) is 4.79 Å². The number of nitrogens with two attached hydrogens (primary N) is 1. The average Bonchev–Trinajstić information content (AvgIpc) is 2.82. The van der Waals surface area contributed by atoms with Crippen LogP contribution < -0.4 is 11.1 Å². The Bertz CT molecular complexity index is 351. The van der Waals surface area contributed by atoms with E-state index < -0.39 is 0 Å². The van der Waals surface area contributed by atoms with Gasteiger partial charge in [0.05, 0.1) is 0 Å². The second-order valence-corrected chi connectivity index (χ2v) is 3.98. The maximum Gasteiger partial charge on any atom is 0.292 e. The van der Waals surface area contributed by atoms with Gasteiger partial charge in [0.15, 0.2) is 0 Å². The average molecular weight is 240 g/mol. The first-order valence-electron chi connectivity index (χ1n) is 5.96. The lowest BCUT2D eigenvalue weighted by Gasteiger charge is -2.11. The fourth-order valence-corrected chi connectivity index (χ4v) is 1.68. The first kappa shape index (κ1) is 13.6. The molecule has 6 heteroatoms. The largest absolute Gasteiger partial charge is 0.352 e. The van der Waals surface area contributed by atoms with Gasteiger partial charge in [-0.2, -0.15) is 4.98 Å². The number of nitrogens with zero attached hydrogens (tertiary/aromatic N) is 2. The SMILES string of the molecule is CCC(CCN)CCc1nc(C(=O)NC)no1. The molecule has 1 heterocycles. The van der Waals surface area contributed by atoms with Crippen molar-refractivity contribution in [3.63, 3.8) is 0 Å². The highest BCUT2D eigenvalue weighted by Gasteiger charge is 2.14. The Morgan fingerprint density at radius 1 is 1.53 bits per heavy atom. The van der Waals surface area contributed by atoms with E-state index in [0.29, 0.717) is 24.8 Å². The van der Waals surface area contributed by atoms with Crippen molar-refractivity contribution >= 4 is 5.91 Å². The van der Waals surface area contributed by atoms with Gasteiger partial charge in [0.1, 0.15) is 0 Å². The minimum Gasteiger partial charge on any atom is -0.352 e. The van der Waals surface area contributed by atoms with Gasteiger partial charge in [0.25, 0.3) is 11.7 Å². The molecule has 0 aromatic carbocycles. The first-order chi connectivity index (χ1) is 8.21. The number of hydrogen-bond donors (Lipinski definition) is 2. The number of carbonyl (C=O) groups is 1. The molecule has 0 aliphatic carbocycles. The summed E-state index contributed by atoms with van der Waals surface area (Å²) in [7, 11) is 1.53. The molecule has 0 aliphatic rings. The van der Waals surface area contributed by atoms with Crippen LogP contribution in [0, 0.1) is 5.92 Å². The molecule has 96 valence electrons. The Labute approximate surface area is 101 Å². The van der Waals surface area contributed by atoms with Crippen molar-refractivity contribution in [3.05, 3.63) is 11.7 Å². The van der Waals surface area contributed by atoms with E-state index in [-0.39, 0.29) is 11.7 Å². The molecule has 1 rings (SSSR count). The van der Waals surface area contributed by atoms with Crippen LogP contribution >= 0.6 is 0 Å². The predicted molar refractivity (Wildman–Crippen MR) is 63.5 cm³/mol. The lowest BCUT2D eigenvalue weighted by molar-refractivity contribution is 0.0950. The van der Waals surface area contributed by atoms with Crippen LogP contribution in [0.4, 0.5) is 0 Å². The quantitative estimate of drug-likeness (QED) is 0.733. The highest BCUT2D eigenvalue weighted by atomic mass is 16.5. The lowest BCUT2D eigenvalue weighted by atomic mass is 9.97. The van der Waals surface area contributed by atoms with Gasteiger partial charge in [-0.1, -0.05) is 18.5 Å². The maximum atomic E-state index is 11.2. The van der Waals surface area contributed by atoms with Crippen LogP contribution in [0.1, 0.15) is 42.7 Å². The molecule has 0 bridgehead atoms. The van der Waals surface area contributed by atoms with Gasteiger partial charge in [0, 0.05) is 13.5 Å². The summed E-state index contributed by atoms with van der Waals surface area (Å²) in [5.41, 5.74) is 5.53. The second kappa shape index (κ2) is 7.01. The highest BCUT2D eigenvalue weighted by Crippen LogP contribution is 2.15. The molecular weight excluding hydrogens is 220 g/mol. The van der Waals surface area contributed by atoms with E-state index in [1.54, 1.807) is 0 Å². The Hall–Kier alpha value is -1.43. The van der Waals surface area contributed by atoms with Gasteiger partial charge < -0.3 is 15.6 Å². The summed E-state index contributed by atoms with van der Waals surface area (Å²) in [4.78, 5) is 15.2. The van der Waals surface area contributed by atoms with E-state index in [2.05, 4.69) is 22.4 Å². The normalized spacial score (nSPS) is 12.4. The topological polar surface area (TPSA) is 94.0 Å². The molecule has 0 fully saturated rings. The van der Waals surface area contributed by atoms with Crippen LogP contribution in [0.2, 0.25) is 0 Å². The second-order valence-electron chi connectivity index (χ2n) is 3.98. The summed E-state index contributed by atoms with van der Waals surface area (Å²) in [5.74, 6) is 0.859. The van der Waals surface area contributed by atoms with Crippen LogP contribution in [0.25, 0.3) is 0 Å². The summed E-state index contributed by atoms with van der Waals surface area (Å²) >= 11 is 0. The third kappa shape index (κ3) is 4.14. The van der Waals surface area contributed by atoms with Gasteiger partial charge in [-0.05, 0) is 25.3 Å². The van der Waals surface area contributed by atoms with Crippen molar-refractivity contribution in [1.29, 1.82) is 0 Å². The zero-order chi connectivity index (χ0) is 12.7. The van der Waals surface area contributed by atoms with Crippen LogP contribution in [0.3, 0.4) is 0 Å². The third-order valence-electron chi connectivity index (χ3n) is 2.82. The molecular formula is C11H20N4O2. The van der Waals surface area contributed by atoms with Crippen molar-refractivity contribution in [1.82, 2.24) is 15.5 Å². The van der Waals surface area contributed by atoms with Crippen molar-refractivity contribution < 1.29 is 9.32 Å². The minimum absolute atomic E-state index is 0.0920. The highest BCUT2D eigenvalue weighted by molar-refractivity contribution is 5.89. The summed E-state index contributed by atoms with van der Waals surface area (Å²) in [6.07, 6.45) is 3.76. The van der Waals surface area contributed by atoms with Crippen LogP contribution in [0.5, 0.6) is 0 Å². The van der Waals surface area contributed by atoms with Gasteiger partial charge in [0.2, 0.25) is 5.89 Å². The van der Waals surface area contributed by atoms with Crippen LogP contribution in [-0.2, 0) is 6.42 Å². The Morgan fingerprint density at radius 3 is 2.88 bits per heavy atom. The Morgan fingerprint density at radius 2 is 2.29 bits per heavy atom. The van der Waals surface area contributed by atoms with Crippen molar-refractivity contribution in [2.75, 3.05) is 13.6 Å². The minimum atomic E-state index is -0.325. The smallest absolute Gasteiger partial charge is 0.292 e. The fraction of sp³-hybridized carbons (Fsp3) is 0.727. The molecule has 0 saturated heterocycles. The number of rotatable bonds is 7. The zero-order valence-corrected chi connectivity index (χ0v) is 10.4. The molecule has 1 atom stereocenters. The molecule has 0 radical (unpaired) electrons. The Balaban J connectivity index is 2.46. The number of nitrogens with one attached hydrogen (secondary N) is 1. The van der Waals surface area contributed by atoms with Gasteiger partial charge in [-0.15, -0.1) is 0 Å². The molecule has 17 heavy (non-hydrogen) atoms. The van der Waals surface area contributed by atoms with E-state index in [1.165, 1.54) is 7.05 Å². The molecule has 1 aromatic rings. The van der Waals surface area contributed by atoms with E-state index in [0.717, 1.165) is 19.3 Å². The van der Waals surface area contributed by atoms with Crippen molar-refractivity contribution in [2.24, 2.45) is 11.7 Å². The maximum absolute atomic E-state index is 11.2. The van der Waals surface area contributed by atoms with Crippen molar-refractivity contribution in [2.45, 2.75) is 32.6 Å². The van der Waals surface area contributed by atoms with Crippen molar-refractivity contribution in [3.8, 4) is 0 Å². The standard InChI is InChI=1S/C11H20N4O2/c1-3-8(6-7-12)4-5-9-14-10(15-17-9)11(16)13-2/h8H,3-7,12H2,1-2H3,(H,13,16). The number of carbonyl (C=O) groups excluding carboxylic acids is 1. The first-order valence-corrected chi connectivity index (χ1v) is 5.96. The monoisotopic (exact) mass is 240 g/mol. The third-order valence-corrected chi connectivity index (χ3v) is 2.82. The summed E-state index contributed by atoms with van der Waals surface area (Å²) in [6.45, 7) is 2.84. The van der Waals surface area contributed by atoms with Crippen LogP contribution in [-0.4, -0.2) is 29.6 Å². The van der Waals surface area contributed by atoms with Gasteiger partial charge in [-0.3, -0.25) is 4.79 Å². The fourth-order valence-electron chi connectivity index (χ4n) is 1.68.